The fraction of sp³-hybridized carbons (Fsp3) is 0.222. The van der Waals surface area contributed by atoms with Gasteiger partial charge in [0, 0.05) is 11.3 Å². The monoisotopic (exact) mass is 313 g/mol. The summed E-state index contributed by atoms with van der Waals surface area (Å²) in [5, 5.41) is 2.81. The van der Waals surface area contributed by atoms with Crippen molar-refractivity contribution in [2.75, 3.05) is 19.0 Å². The molecule has 0 atom stereocenters. The lowest BCUT2D eigenvalue weighted by Gasteiger charge is -2.11. The summed E-state index contributed by atoms with van der Waals surface area (Å²) in [6.07, 6.45) is 0. The number of amides is 1. The highest BCUT2D eigenvalue weighted by atomic mass is 16.5. The van der Waals surface area contributed by atoms with E-state index in [-0.39, 0.29) is 5.91 Å². The number of carbonyl (C=O) groups is 2. The Morgan fingerprint density at radius 3 is 2.57 bits per heavy atom. The lowest BCUT2D eigenvalue weighted by molar-refractivity contribution is 0.0600. The third-order valence-corrected chi connectivity index (χ3v) is 3.31. The van der Waals surface area contributed by atoms with E-state index in [1.165, 1.54) is 7.11 Å². The number of aryl methyl sites for hydroxylation is 1. The standard InChI is InChI=1S/C18H19NO4/c1-4-23-15-7-5-6-13(10-15)17(20)19-16-11-14(18(21)22-3)9-8-12(16)2/h5-11H,4H2,1-3H3,(H,19,20). The Balaban J connectivity index is 2.23. The van der Waals surface area contributed by atoms with Gasteiger partial charge in [-0.15, -0.1) is 0 Å². The molecule has 0 saturated heterocycles. The van der Waals surface area contributed by atoms with Gasteiger partial charge in [-0.25, -0.2) is 4.79 Å². The van der Waals surface area contributed by atoms with Crippen molar-refractivity contribution >= 4 is 17.6 Å². The fourth-order valence-corrected chi connectivity index (χ4v) is 2.09. The second-order valence-electron chi connectivity index (χ2n) is 4.94. The third kappa shape index (κ3) is 4.10. The Hall–Kier alpha value is -2.82. The van der Waals surface area contributed by atoms with Gasteiger partial charge in [0.25, 0.3) is 5.91 Å². The summed E-state index contributed by atoms with van der Waals surface area (Å²) in [5.41, 5.74) is 2.29. The van der Waals surface area contributed by atoms with Gasteiger partial charge in [-0.05, 0) is 49.7 Å². The van der Waals surface area contributed by atoms with Crippen molar-refractivity contribution in [2.24, 2.45) is 0 Å². The molecule has 0 bridgehead atoms. The van der Waals surface area contributed by atoms with Crippen molar-refractivity contribution < 1.29 is 19.1 Å². The quantitative estimate of drug-likeness (QED) is 0.859. The highest BCUT2D eigenvalue weighted by Crippen LogP contribution is 2.20. The molecule has 2 rings (SSSR count). The molecule has 2 aromatic carbocycles. The zero-order valence-corrected chi connectivity index (χ0v) is 13.4. The largest absolute Gasteiger partial charge is 0.494 e. The first kappa shape index (κ1) is 16.5. The topological polar surface area (TPSA) is 64.6 Å². The summed E-state index contributed by atoms with van der Waals surface area (Å²) < 4.78 is 10.1. The first-order chi connectivity index (χ1) is 11.0. The summed E-state index contributed by atoms with van der Waals surface area (Å²) in [4.78, 5) is 24.0. The van der Waals surface area contributed by atoms with E-state index >= 15 is 0 Å². The summed E-state index contributed by atoms with van der Waals surface area (Å²) in [7, 11) is 1.32. The van der Waals surface area contributed by atoms with Crippen LogP contribution < -0.4 is 10.1 Å². The zero-order chi connectivity index (χ0) is 16.8. The molecule has 0 heterocycles. The van der Waals surface area contributed by atoms with Gasteiger partial charge in [-0.2, -0.15) is 0 Å². The van der Waals surface area contributed by atoms with Crippen molar-refractivity contribution in [3.63, 3.8) is 0 Å². The normalized spacial score (nSPS) is 10.0. The van der Waals surface area contributed by atoms with Crippen LogP contribution in [0.2, 0.25) is 0 Å². The average molecular weight is 313 g/mol. The van der Waals surface area contributed by atoms with Crippen molar-refractivity contribution in [1.29, 1.82) is 0 Å². The molecule has 23 heavy (non-hydrogen) atoms. The average Bonchev–Trinajstić information content (AvgIpc) is 2.56. The van der Waals surface area contributed by atoms with E-state index in [0.717, 1.165) is 5.56 Å². The molecule has 0 fully saturated rings. The summed E-state index contributed by atoms with van der Waals surface area (Å²) in [6, 6.07) is 12.0. The molecule has 0 aliphatic heterocycles. The van der Waals surface area contributed by atoms with Crippen LogP contribution in [0.25, 0.3) is 0 Å². The number of ether oxygens (including phenoxy) is 2. The maximum Gasteiger partial charge on any atom is 0.337 e. The number of hydrogen-bond donors (Lipinski definition) is 1. The first-order valence-corrected chi connectivity index (χ1v) is 7.28. The minimum absolute atomic E-state index is 0.267. The van der Waals surface area contributed by atoms with E-state index in [1.807, 2.05) is 13.8 Å². The van der Waals surface area contributed by atoms with Gasteiger partial charge in [0.05, 0.1) is 19.3 Å². The van der Waals surface area contributed by atoms with Crippen LogP contribution in [0.1, 0.15) is 33.2 Å². The van der Waals surface area contributed by atoms with Crippen molar-refractivity contribution in [2.45, 2.75) is 13.8 Å². The lowest BCUT2D eigenvalue weighted by atomic mass is 10.1. The number of carbonyl (C=O) groups excluding carboxylic acids is 2. The van der Waals surface area contributed by atoms with E-state index in [1.54, 1.807) is 42.5 Å². The maximum atomic E-state index is 12.4. The molecule has 0 aliphatic rings. The second kappa shape index (κ2) is 7.45. The van der Waals surface area contributed by atoms with Crippen LogP contribution in [0.4, 0.5) is 5.69 Å². The molecule has 0 saturated carbocycles. The van der Waals surface area contributed by atoms with Gasteiger partial charge in [-0.3, -0.25) is 4.79 Å². The minimum Gasteiger partial charge on any atom is -0.494 e. The van der Waals surface area contributed by atoms with Gasteiger partial charge < -0.3 is 14.8 Å². The van der Waals surface area contributed by atoms with Crippen LogP contribution in [-0.4, -0.2) is 25.6 Å². The molecular weight excluding hydrogens is 294 g/mol. The van der Waals surface area contributed by atoms with Gasteiger partial charge in [-0.1, -0.05) is 12.1 Å². The zero-order valence-electron chi connectivity index (χ0n) is 13.4. The molecule has 5 nitrogen and oxygen atoms in total. The van der Waals surface area contributed by atoms with Crippen molar-refractivity contribution in [3.05, 3.63) is 59.2 Å². The number of anilines is 1. The van der Waals surface area contributed by atoms with E-state index in [0.29, 0.717) is 29.2 Å². The van der Waals surface area contributed by atoms with Crippen LogP contribution in [-0.2, 0) is 4.74 Å². The molecule has 0 aromatic heterocycles. The fourth-order valence-electron chi connectivity index (χ4n) is 2.09. The molecule has 120 valence electrons. The number of hydrogen-bond acceptors (Lipinski definition) is 4. The summed E-state index contributed by atoms with van der Waals surface area (Å²) in [5.74, 6) is -0.0734. The Kier molecular flexibility index (Phi) is 5.36. The van der Waals surface area contributed by atoms with E-state index in [2.05, 4.69) is 5.32 Å². The van der Waals surface area contributed by atoms with Crippen LogP contribution >= 0.6 is 0 Å². The lowest BCUT2D eigenvalue weighted by Crippen LogP contribution is -2.14. The Morgan fingerprint density at radius 2 is 1.87 bits per heavy atom. The van der Waals surface area contributed by atoms with Gasteiger partial charge in [0.15, 0.2) is 0 Å². The van der Waals surface area contributed by atoms with Gasteiger partial charge in [0.2, 0.25) is 0 Å². The SMILES string of the molecule is CCOc1cccc(C(=O)Nc2cc(C(=O)OC)ccc2C)c1. The molecule has 1 amide bonds. The van der Waals surface area contributed by atoms with E-state index in [4.69, 9.17) is 9.47 Å². The van der Waals surface area contributed by atoms with E-state index < -0.39 is 5.97 Å². The van der Waals surface area contributed by atoms with Crippen LogP contribution in [0.5, 0.6) is 5.75 Å². The molecule has 1 N–H and O–H groups in total. The van der Waals surface area contributed by atoms with Gasteiger partial charge in [0.1, 0.15) is 5.75 Å². The molecular formula is C18H19NO4. The number of benzene rings is 2. The highest BCUT2D eigenvalue weighted by Gasteiger charge is 2.12. The van der Waals surface area contributed by atoms with Crippen LogP contribution in [0.3, 0.4) is 0 Å². The molecule has 0 aliphatic carbocycles. The summed E-state index contributed by atoms with van der Waals surface area (Å²) >= 11 is 0. The number of esters is 1. The minimum atomic E-state index is -0.446. The molecule has 5 heteroatoms. The van der Waals surface area contributed by atoms with Crippen molar-refractivity contribution in [1.82, 2.24) is 0 Å². The number of nitrogens with one attached hydrogen (secondary N) is 1. The first-order valence-electron chi connectivity index (χ1n) is 7.28. The Morgan fingerprint density at radius 1 is 1.09 bits per heavy atom. The van der Waals surface area contributed by atoms with E-state index in [9.17, 15) is 9.59 Å². The smallest absolute Gasteiger partial charge is 0.337 e. The predicted molar refractivity (Wildman–Crippen MR) is 88.1 cm³/mol. The third-order valence-electron chi connectivity index (χ3n) is 3.31. The van der Waals surface area contributed by atoms with Crippen LogP contribution in [0, 0.1) is 6.92 Å². The predicted octanol–water partition coefficient (Wildman–Crippen LogP) is 3.43. The Bertz CT molecular complexity index is 725. The number of methoxy groups -OCH3 is 1. The second-order valence-corrected chi connectivity index (χ2v) is 4.94. The molecule has 0 spiro atoms. The summed E-state index contributed by atoms with van der Waals surface area (Å²) in [6.45, 7) is 4.27. The number of rotatable bonds is 5. The highest BCUT2D eigenvalue weighted by molar-refractivity contribution is 6.05. The molecule has 2 aromatic rings. The van der Waals surface area contributed by atoms with Crippen LogP contribution in [0.15, 0.2) is 42.5 Å². The molecule has 0 radical (unpaired) electrons. The molecule has 0 unspecified atom stereocenters. The Labute approximate surface area is 135 Å². The van der Waals surface area contributed by atoms with Crippen molar-refractivity contribution in [3.8, 4) is 5.75 Å². The van der Waals surface area contributed by atoms with Gasteiger partial charge >= 0.3 is 5.97 Å². The maximum absolute atomic E-state index is 12.4.